The fraction of sp³-hybridized carbons (Fsp3) is 0.378. The Kier molecular flexibility index (Phi) is 7.00. The second kappa shape index (κ2) is 11.2. The van der Waals surface area contributed by atoms with Crippen LogP contribution in [-0.2, 0) is 23.9 Å². The van der Waals surface area contributed by atoms with E-state index in [0.717, 1.165) is 84.1 Å². The normalized spacial score (nSPS) is 18.0. The molecule has 9 nitrogen and oxygen atoms in total. The first-order chi connectivity index (χ1) is 22.4. The Balaban J connectivity index is 1.17. The number of aryl methyl sites for hydroxylation is 1. The quantitative estimate of drug-likeness (QED) is 0.174. The number of carboxylic acid groups (broad SMARTS) is 1. The molecule has 0 saturated heterocycles. The van der Waals surface area contributed by atoms with Gasteiger partial charge in [-0.2, -0.15) is 0 Å². The van der Waals surface area contributed by atoms with Crippen molar-refractivity contribution in [2.24, 2.45) is 13.0 Å². The number of carbonyl (C=O) groups excluding carboxylic acids is 1. The summed E-state index contributed by atoms with van der Waals surface area (Å²) in [5.41, 5.74) is 7.05. The van der Waals surface area contributed by atoms with Crippen LogP contribution in [0, 0.1) is 5.92 Å². The summed E-state index contributed by atoms with van der Waals surface area (Å²) in [6.07, 6.45) is 17.9. The third kappa shape index (κ3) is 4.98. The molecule has 234 valence electrons. The monoisotopic (exact) mass is 614 g/mol. The first-order valence-corrected chi connectivity index (χ1v) is 16.5. The highest BCUT2D eigenvalue weighted by atomic mass is 16.4. The van der Waals surface area contributed by atoms with E-state index in [9.17, 15) is 9.59 Å². The lowest BCUT2D eigenvalue weighted by molar-refractivity contribution is -0.131. The van der Waals surface area contributed by atoms with Crippen molar-refractivity contribution < 1.29 is 14.7 Å². The summed E-state index contributed by atoms with van der Waals surface area (Å²) >= 11 is 0. The first-order valence-electron chi connectivity index (χ1n) is 16.5. The summed E-state index contributed by atoms with van der Waals surface area (Å²) in [4.78, 5) is 39.4. The van der Waals surface area contributed by atoms with E-state index >= 15 is 0 Å². The fourth-order valence-electron chi connectivity index (χ4n) is 7.71. The number of nitrogens with one attached hydrogen (secondary N) is 1. The molecule has 3 aromatic heterocycles. The molecular weight excluding hydrogens is 576 g/mol. The van der Waals surface area contributed by atoms with Crippen molar-refractivity contribution in [3.63, 3.8) is 0 Å². The van der Waals surface area contributed by atoms with Gasteiger partial charge in [0, 0.05) is 48.5 Å². The molecule has 0 unspecified atom stereocenters. The number of imidazole rings is 1. The third-order valence-corrected chi connectivity index (χ3v) is 10.4. The highest BCUT2D eigenvalue weighted by molar-refractivity contribution is 6.01. The first kappa shape index (κ1) is 28.7. The standard InChI is InChI=1S/C37H38N6O3/c1-42-30-20-26(11-12-27(30)33(25-5-2-3-6-25)34(42)29-21-38-17-18-39-29)35(46)41-37(15-4-16-37)36-40-28-13-9-23(10-14-32(44)45)19-31(28)43(36)22-24-7-8-24/h9-14,17-21,24-25H,2-8,15-16,22H2,1H3,(H,41,46)(H,44,45)/b14-10+. The molecular formula is C37H38N6O3. The lowest BCUT2D eigenvalue weighted by Gasteiger charge is -2.42. The predicted molar refractivity (Wildman–Crippen MR) is 177 cm³/mol. The van der Waals surface area contributed by atoms with Crippen molar-refractivity contribution in [2.75, 3.05) is 0 Å². The molecule has 3 aliphatic carbocycles. The Bertz CT molecular complexity index is 2010. The summed E-state index contributed by atoms with van der Waals surface area (Å²) in [5, 5.41) is 13.8. The highest BCUT2D eigenvalue weighted by Crippen LogP contribution is 2.46. The van der Waals surface area contributed by atoms with Crippen molar-refractivity contribution in [1.82, 2.24) is 29.4 Å². The summed E-state index contributed by atoms with van der Waals surface area (Å²) in [6.45, 7) is 0.847. The van der Waals surface area contributed by atoms with E-state index in [4.69, 9.17) is 10.1 Å². The minimum absolute atomic E-state index is 0.0959. The zero-order chi connectivity index (χ0) is 31.4. The van der Waals surface area contributed by atoms with Crippen LogP contribution in [0.3, 0.4) is 0 Å². The predicted octanol–water partition coefficient (Wildman–Crippen LogP) is 6.96. The van der Waals surface area contributed by atoms with E-state index in [2.05, 4.69) is 37.5 Å². The molecule has 0 aliphatic heterocycles. The van der Waals surface area contributed by atoms with E-state index in [1.165, 1.54) is 36.6 Å². The van der Waals surface area contributed by atoms with Crippen LogP contribution in [0.15, 0.2) is 61.1 Å². The molecule has 5 aromatic rings. The largest absolute Gasteiger partial charge is 0.478 e. The van der Waals surface area contributed by atoms with Crippen molar-refractivity contribution in [3.8, 4) is 11.4 Å². The zero-order valence-electron chi connectivity index (χ0n) is 26.1. The average Bonchev–Trinajstić information content (AvgIpc) is 3.44. The number of fused-ring (bicyclic) bond motifs is 2. The van der Waals surface area contributed by atoms with Crippen LogP contribution in [0.1, 0.15) is 91.0 Å². The van der Waals surface area contributed by atoms with Gasteiger partial charge in [-0.05, 0) is 98.2 Å². The van der Waals surface area contributed by atoms with Gasteiger partial charge in [-0.25, -0.2) is 9.78 Å². The Morgan fingerprint density at radius 3 is 2.54 bits per heavy atom. The summed E-state index contributed by atoms with van der Waals surface area (Å²) in [5.74, 6) is 0.900. The molecule has 3 aliphatic rings. The van der Waals surface area contributed by atoms with Gasteiger partial charge in [0.05, 0.1) is 28.5 Å². The van der Waals surface area contributed by atoms with Gasteiger partial charge in [-0.15, -0.1) is 0 Å². The van der Waals surface area contributed by atoms with Gasteiger partial charge < -0.3 is 19.6 Å². The zero-order valence-corrected chi connectivity index (χ0v) is 26.1. The van der Waals surface area contributed by atoms with Crippen LogP contribution < -0.4 is 5.32 Å². The van der Waals surface area contributed by atoms with Crippen molar-refractivity contribution >= 4 is 39.9 Å². The molecule has 8 rings (SSSR count). The molecule has 9 heteroatoms. The number of hydrogen-bond acceptors (Lipinski definition) is 5. The van der Waals surface area contributed by atoms with Crippen LogP contribution >= 0.6 is 0 Å². The van der Waals surface area contributed by atoms with Gasteiger partial charge in [0.15, 0.2) is 0 Å². The molecule has 3 saturated carbocycles. The topological polar surface area (TPSA) is 115 Å². The SMILES string of the molecule is Cn1c(-c2cnccn2)c(C2CCCC2)c2ccc(C(=O)NC3(c4nc5ccc(/C=C/C(=O)O)cc5n4CC4CC4)CCC3)cc21. The van der Waals surface area contributed by atoms with Crippen molar-refractivity contribution in [1.29, 1.82) is 0 Å². The molecule has 3 heterocycles. The van der Waals surface area contributed by atoms with Gasteiger partial charge in [-0.1, -0.05) is 25.0 Å². The number of benzene rings is 2. The van der Waals surface area contributed by atoms with E-state index in [1.54, 1.807) is 18.5 Å². The molecule has 0 atom stereocenters. The maximum Gasteiger partial charge on any atom is 0.328 e. The van der Waals surface area contributed by atoms with Crippen LogP contribution in [0.2, 0.25) is 0 Å². The van der Waals surface area contributed by atoms with Crippen LogP contribution in [0.25, 0.3) is 39.4 Å². The number of carboxylic acids is 1. The molecule has 1 amide bonds. The van der Waals surface area contributed by atoms with Gasteiger partial charge in [0.1, 0.15) is 11.5 Å². The number of hydrogen-bond donors (Lipinski definition) is 2. The summed E-state index contributed by atoms with van der Waals surface area (Å²) in [6, 6.07) is 12.0. The summed E-state index contributed by atoms with van der Waals surface area (Å²) in [7, 11) is 2.07. The summed E-state index contributed by atoms with van der Waals surface area (Å²) < 4.78 is 4.47. The Morgan fingerprint density at radius 1 is 1.02 bits per heavy atom. The van der Waals surface area contributed by atoms with E-state index in [1.807, 2.05) is 36.5 Å². The Labute approximate surface area is 267 Å². The number of amides is 1. The maximum absolute atomic E-state index is 14.1. The average molecular weight is 615 g/mol. The van der Waals surface area contributed by atoms with Crippen LogP contribution in [-0.4, -0.2) is 41.1 Å². The number of nitrogens with zero attached hydrogens (tertiary/aromatic N) is 5. The lowest BCUT2D eigenvalue weighted by Crippen LogP contribution is -2.52. The number of aromatic nitrogens is 5. The minimum Gasteiger partial charge on any atom is -0.478 e. The van der Waals surface area contributed by atoms with E-state index in [-0.39, 0.29) is 5.91 Å². The molecule has 0 spiro atoms. The molecule has 2 aromatic carbocycles. The second-order valence-electron chi connectivity index (χ2n) is 13.4. The fourth-order valence-corrected chi connectivity index (χ4v) is 7.71. The molecule has 0 bridgehead atoms. The molecule has 3 fully saturated rings. The lowest BCUT2D eigenvalue weighted by atomic mass is 9.75. The van der Waals surface area contributed by atoms with Crippen LogP contribution in [0.5, 0.6) is 0 Å². The highest BCUT2D eigenvalue weighted by Gasteiger charge is 2.45. The van der Waals surface area contributed by atoms with Gasteiger partial charge in [0.2, 0.25) is 0 Å². The Hall–Kier alpha value is -4.79. The molecule has 0 radical (unpaired) electrons. The van der Waals surface area contributed by atoms with E-state index in [0.29, 0.717) is 17.4 Å². The number of carbonyl (C=O) groups is 2. The maximum atomic E-state index is 14.1. The van der Waals surface area contributed by atoms with Gasteiger partial charge >= 0.3 is 5.97 Å². The van der Waals surface area contributed by atoms with Crippen molar-refractivity contribution in [2.45, 2.75) is 75.8 Å². The number of rotatable bonds is 9. The van der Waals surface area contributed by atoms with Crippen molar-refractivity contribution in [3.05, 3.63) is 83.6 Å². The smallest absolute Gasteiger partial charge is 0.328 e. The molecule has 46 heavy (non-hydrogen) atoms. The van der Waals surface area contributed by atoms with E-state index < -0.39 is 11.5 Å². The van der Waals surface area contributed by atoms with Gasteiger partial charge in [-0.3, -0.25) is 14.8 Å². The third-order valence-electron chi connectivity index (χ3n) is 10.4. The van der Waals surface area contributed by atoms with Gasteiger partial charge in [0.25, 0.3) is 5.91 Å². The minimum atomic E-state index is -0.975. The van der Waals surface area contributed by atoms with Crippen LogP contribution in [0.4, 0.5) is 0 Å². The second-order valence-corrected chi connectivity index (χ2v) is 13.4. The number of aliphatic carboxylic acids is 1. The molecule has 2 N–H and O–H groups in total. The Morgan fingerprint density at radius 2 is 1.85 bits per heavy atom.